The second-order valence-corrected chi connectivity index (χ2v) is 6.51. The quantitative estimate of drug-likeness (QED) is 0.342. The number of carbonyl (C=O) groups is 2. The summed E-state index contributed by atoms with van der Waals surface area (Å²) >= 11 is 5.64. The number of rotatable bonds is 8. The first-order valence-electron chi connectivity index (χ1n) is 9.07. The van der Waals surface area contributed by atoms with E-state index >= 15 is 0 Å². The van der Waals surface area contributed by atoms with Crippen LogP contribution in [-0.4, -0.2) is 36.9 Å². The molecule has 2 N–H and O–H groups in total. The third-order valence-corrected chi connectivity index (χ3v) is 4.28. The molecular weight excluding hydrogens is 444 g/mol. The van der Waals surface area contributed by atoms with Crippen LogP contribution < -0.4 is 15.4 Å². The van der Waals surface area contributed by atoms with Crippen molar-refractivity contribution >= 4 is 29.2 Å². The van der Waals surface area contributed by atoms with Crippen molar-refractivity contribution in [1.29, 1.82) is 0 Å². The van der Waals surface area contributed by atoms with Gasteiger partial charge in [-0.1, -0.05) is 23.7 Å². The predicted molar refractivity (Wildman–Crippen MR) is 106 cm³/mol. The number of nitrogens with one attached hydrogen (secondary N) is 2. The number of alkyl halides is 3. The van der Waals surface area contributed by atoms with E-state index in [4.69, 9.17) is 16.3 Å². The van der Waals surface area contributed by atoms with Crippen LogP contribution in [0.3, 0.4) is 0 Å². The van der Waals surface area contributed by atoms with Gasteiger partial charge in [-0.2, -0.15) is 13.2 Å². The number of para-hydroxylation sites is 1. The van der Waals surface area contributed by atoms with Crippen LogP contribution in [-0.2, 0) is 9.53 Å². The van der Waals surface area contributed by atoms with Gasteiger partial charge in [0.05, 0.1) is 23.8 Å². The van der Waals surface area contributed by atoms with E-state index in [1.165, 1.54) is 31.2 Å². The number of anilines is 1. The minimum absolute atomic E-state index is 0.0206. The molecule has 0 aliphatic rings. The maximum absolute atomic E-state index is 14.2. The Morgan fingerprint density at radius 3 is 2.32 bits per heavy atom. The molecule has 1 amide bonds. The highest BCUT2D eigenvalue weighted by Gasteiger charge is 2.63. The molecule has 168 valence electrons. The van der Waals surface area contributed by atoms with Crippen molar-refractivity contribution in [3.63, 3.8) is 0 Å². The first-order chi connectivity index (χ1) is 14.6. The van der Waals surface area contributed by atoms with Crippen LogP contribution in [0.1, 0.15) is 24.2 Å². The Bertz CT molecular complexity index is 955. The van der Waals surface area contributed by atoms with Crippen LogP contribution in [0, 0.1) is 5.82 Å². The average Bonchev–Trinajstić information content (AvgIpc) is 2.70. The van der Waals surface area contributed by atoms with Crippen LogP contribution in [0.15, 0.2) is 42.5 Å². The van der Waals surface area contributed by atoms with Crippen LogP contribution in [0.25, 0.3) is 0 Å². The van der Waals surface area contributed by atoms with Gasteiger partial charge in [-0.3, -0.25) is 4.79 Å². The van der Waals surface area contributed by atoms with Crippen LogP contribution in [0.4, 0.5) is 23.2 Å². The fraction of sp³-hybridized carbons (Fsp3) is 0.300. The van der Waals surface area contributed by atoms with E-state index in [1.54, 1.807) is 12.2 Å². The Hall–Kier alpha value is -3.01. The minimum Gasteiger partial charge on any atom is -0.493 e. The molecule has 6 nitrogen and oxygen atoms in total. The number of hydrogen-bond donors (Lipinski definition) is 2. The van der Waals surface area contributed by atoms with Gasteiger partial charge in [0.1, 0.15) is 11.6 Å². The number of carbonyl (C=O) groups excluding carboxylic acids is 2. The predicted octanol–water partition coefficient (Wildman–Crippen LogP) is 4.54. The number of hydrogen-bond acceptors (Lipinski definition) is 5. The molecule has 0 aromatic heterocycles. The standard InChI is InChI=1S/C20H19ClF4N2O4/c1-3-30-16-8-6-5-7-13(16)17(28)27-19(20(23,24)25,18(29)31-4-2)26-12-9-10-15(22)14(21)11-12/h5-11,26H,3-4H2,1-2H3,(H,27,28)/t19-/m0/s1. The Morgan fingerprint density at radius 1 is 1.06 bits per heavy atom. The van der Waals surface area contributed by atoms with Crippen LogP contribution >= 0.6 is 11.6 Å². The van der Waals surface area contributed by atoms with Gasteiger partial charge in [-0.05, 0) is 44.2 Å². The average molecular weight is 463 g/mol. The van der Waals surface area contributed by atoms with Crippen LogP contribution in [0.5, 0.6) is 5.75 Å². The van der Waals surface area contributed by atoms with Gasteiger partial charge in [0.25, 0.3) is 5.91 Å². The van der Waals surface area contributed by atoms with E-state index in [-0.39, 0.29) is 23.6 Å². The van der Waals surface area contributed by atoms with Crippen molar-refractivity contribution in [2.75, 3.05) is 18.5 Å². The molecule has 2 aromatic carbocycles. The summed E-state index contributed by atoms with van der Waals surface area (Å²) in [7, 11) is 0. The van der Waals surface area contributed by atoms with Crippen molar-refractivity contribution in [3.05, 3.63) is 58.9 Å². The lowest BCUT2D eigenvalue weighted by Gasteiger charge is -2.35. The number of amides is 1. The first-order valence-corrected chi connectivity index (χ1v) is 9.45. The molecule has 0 radical (unpaired) electrons. The van der Waals surface area contributed by atoms with Crippen molar-refractivity contribution in [1.82, 2.24) is 5.32 Å². The molecule has 31 heavy (non-hydrogen) atoms. The van der Waals surface area contributed by atoms with E-state index < -0.39 is 41.2 Å². The zero-order valence-electron chi connectivity index (χ0n) is 16.5. The molecule has 0 aliphatic carbocycles. The van der Waals surface area contributed by atoms with Gasteiger partial charge in [-0.15, -0.1) is 0 Å². The summed E-state index contributed by atoms with van der Waals surface area (Å²) in [5.41, 5.74) is -4.31. The second kappa shape index (κ2) is 9.86. The van der Waals surface area contributed by atoms with E-state index in [9.17, 15) is 27.2 Å². The summed E-state index contributed by atoms with van der Waals surface area (Å²) in [5.74, 6) is -3.93. The lowest BCUT2D eigenvalue weighted by molar-refractivity contribution is -0.204. The maximum Gasteiger partial charge on any atom is 0.441 e. The van der Waals surface area contributed by atoms with Crippen molar-refractivity contribution in [3.8, 4) is 5.75 Å². The molecule has 0 spiro atoms. The van der Waals surface area contributed by atoms with E-state index in [1.807, 2.05) is 5.32 Å². The monoisotopic (exact) mass is 462 g/mol. The first kappa shape index (κ1) is 24.3. The van der Waals surface area contributed by atoms with Gasteiger partial charge in [-0.25, -0.2) is 9.18 Å². The number of benzene rings is 2. The fourth-order valence-corrected chi connectivity index (χ4v) is 2.77. The highest BCUT2D eigenvalue weighted by Crippen LogP contribution is 2.35. The largest absolute Gasteiger partial charge is 0.493 e. The molecule has 11 heteroatoms. The SMILES string of the molecule is CCOC(=O)[C@@](NC(=O)c1ccccc1OCC)(Nc1ccc(F)c(Cl)c1)C(F)(F)F. The van der Waals surface area contributed by atoms with E-state index in [0.29, 0.717) is 0 Å². The molecule has 0 unspecified atom stereocenters. The third kappa shape index (κ3) is 5.38. The molecule has 0 fully saturated rings. The number of halogens is 5. The van der Waals surface area contributed by atoms with Gasteiger partial charge in [0.15, 0.2) is 0 Å². The van der Waals surface area contributed by atoms with Gasteiger partial charge < -0.3 is 20.1 Å². The Balaban J connectivity index is 2.56. The Morgan fingerprint density at radius 2 is 1.74 bits per heavy atom. The van der Waals surface area contributed by atoms with E-state index in [0.717, 1.165) is 18.2 Å². The van der Waals surface area contributed by atoms with Crippen molar-refractivity contribution in [2.45, 2.75) is 25.7 Å². The molecular formula is C20H19ClF4N2O4. The topological polar surface area (TPSA) is 76.7 Å². The maximum atomic E-state index is 14.2. The lowest BCUT2D eigenvalue weighted by Crippen LogP contribution is -2.69. The van der Waals surface area contributed by atoms with Crippen molar-refractivity contribution < 1.29 is 36.6 Å². The zero-order valence-corrected chi connectivity index (χ0v) is 17.2. The molecule has 0 saturated heterocycles. The molecule has 0 bridgehead atoms. The summed E-state index contributed by atoms with van der Waals surface area (Å²) in [4.78, 5) is 25.3. The molecule has 1 atom stereocenters. The summed E-state index contributed by atoms with van der Waals surface area (Å²) in [5, 5.41) is 3.11. The number of ether oxygens (including phenoxy) is 2. The zero-order chi connectivity index (χ0) is 23.2. The summed E-state index contributed by atoms with van der Waals surface area (Å²) in [6, 6.07) is 8.17. The highest BCUT2D eigenvalue weighted by molar-refractivity contribution is 6.31. The van der Waals surface area contributed by atoms with Crippen LogP contribution in [0.2, 0.25) is 5.02 Å². The molecule has 0 aliphatic heterocycles. The van der Waals surface area contributed by atoms with Gasteiger partial charge in [0, 0.05) is 5.69 Å². The number of esters is 1. The second-order valence-electron chi connectivity index (χ2n) is 6.11. The highest BCUT2D eigenvalue weighted by atomic mass is 35.5. The Kier molecular flexibility index (Phi) is 7.72. The van der Waals surface area contributed by atoms with Gasteiger partial charge in [0.2, 0.25) is 0 Å². The smallest absolute Gasteiger partial charge is 0.441 e. The molecule has 0 heterocycles. The lowest BCUT2D eigenvalue weighted by atomic mass is 10.1. The third-order valence-electron chi connectivity index (χ3n) is 3.99. The Labute approximate surface area is 180 Å². The summed E-state index contributed by atoms with van der Waals surface area (Å²) in [6.07, 6.45) is -5.36. The summed E-state index contributed by atoms with van der Waals surface area (Å²) < 4.78 is 66.0. The summed E-state index contributed by atoms with van der Waals surface area (Å²) in [6.45, 7) is 2.69. The van der Waals surface area contributed by atoms with Crippen molar-refractivity contribution in [2.24, 2.45) is 0 Å². The normalized spacial score (nSPS) is 13.1. The molecule has 2 aromatic rings. The molecule has 2 rings (SSSR count). The molecule has 0 saturated carbocycles. The van der Waals surface area contributed by atoms with E-state index in [2.05, 4.69) is 4.74 Å². The van der Waals surface area contributed by atoms with Gasteiger partial charge >= 0.3 is 17.8 Å². The minimum atomic E-state index is -5.36. The fourth-order valence-electron chi connectivity index (χ4n) is 2.59.